The normalized spacial score (nSPS) is 10.6. The zero-order chi connectivity index (χ0) is 11.2. The summed E-state index contributed by atoms with van der Waals surface area (Å²) in [5.74, 6) is 0. The molecule has 1 aromatic heterocycles. The van der Waals surface area contributed by atoms with Gasteiger partial charge in [0.2, 0.25) is 0 Å². The monoisotopic (exact) mass is 217 g/mol. The number of aryl methyl sites for hydroxylation is 2. The van der Waals surface area contributed by atoms with Gasteiger partial charge in [-0.05, 0) is 12.0 Å². The van der Waals surface area contributed by atoms with Gasteiger partial charge >= 0.3 is 0 Å². The Morgan fingerprint density at radius 3 is 2.69 bits per heavy atom. The zero-order valence-electron chi connectivity index (χ0n) is 9.08. The lowest BCUT2D eigenvalue weighted by Gasteiger charge is -2.00. The van der Waals surface area contributed by atoms with Crippen molar-refractivity contribution in [3.05, 3.63) is 47.8 Å². The Balaban J connectivity index is 1.89. The molecular formula is C12H15N3O. The lowest BCUT2D eigenvalue weighted by atomic mass is 10.1. The smallest absolute Gasteiger partial charge is 0.0849 e. The van der Waals surface area contributed by atoms with Crippen molar-refractivity contribution in [3.8, 4) is 0 Å². The van der Waals surface area contributed by atoms with Crippen LogP contribution in [0.4, 0.5) is 0 Å². The van der Waals surface area contributed by atoms with E-state index in [1.807, 2.05) is 29.1 Å². The first-order valence-electron chi connectivity index (χ1n) is 5.42. The standard InChI is InChI=1S/C12H15N3O/c16-9-7-12-10-15(14-13-12)8-6-11-4-2-1-3-5-11/h1-5,10,16H,6-9H2. The third kappa shape index (κ3) is 2.90. The van der Waals surface area contributed by atoms with Gasteiger partial charge in [0.25, 0.3) is 0 Å². The molecule has 0 atom stereocenters. The van der Waals surface area contributed by atoms with Gasteiger partial charge in [-0.2, -0.15) is 0 Å². The van der Waals surface area contributed by atoms with Crippen molar-refractivity contribution in [2.24, 2.45) is 0 Å². The van der Waals surface area contributed by atoms with Crippen molar-refractivity contribution < 1.29 is 5.11 Å². The lowest BCUT2D eigenvalue weighted by Crippen LogP contribution is -2.01. The fourth-order valence-corrected chi connectivity index (χ4v) is 1.57. The van der Waals surface area contributed by atoms with E-state index in [2.05, 4.69) is 22.4 Å². The third-order valence-electron chi connectivity index (χ3n) is 2.43. The van der Waals surface area contributed by atoms with Crippen LogP contribution in [-0.4, -0.2) is 26.7 Å². The van der Waals surface area contributed by atoms with Gasteiger partial charge in [0.1, 0.15) is 0 Å². The Morgan fingerprint density at radius 2 is 1.94 bits per heavy atom. The van der Waals surface area contributed by atoms with Gasteiger partial charge in [-0.3, -0.25) is 4.68 Å². The van der Waals surface area contributed by atoms with E-state index >= 15 is 0 Å². The van der Waals surface area contributed by atoms with Gasteiger partial charge in [-0.15, -0.1) is 5.10 Å². The number of nitrogens with zero attached hydrogens (tertiary/aromatic N) is 3. The summed E-state index contributed by atoms with van der Waals surface area (Å²) >= 11 is 0. The maximum Gasteiger partial charge on any atom is 0.0849 e. The minimum Gasteiger partial charge on any atom is -0.396 e. The van der Waals surface area contributed by atoms with Crippen molar-refractivity contribution in [2.45, 2.75) is 19.4 Å². The lowest BCUT2D eigenvalue weighted by molar-refractivity contribution is 0.298. The van der Waals surface area contributed by atoms with Gasteiger partial charge in [0, 0.05) is 25.8 Å². The second-order valence-corrected chi connectivity index (χ2v) is 3.68. The maximum absolute atomic E-state index is 8.76. The Morgan fingerprint density at radius 1 is 1.12 bits per heavy atom. The molecule has 4 nitrogen and oxygen atoms in total. The van der Waals surface area contributed by atoms with Crippen LogP contribution >= 0.6 is 0 Å². The van der Waals surface area contributed by atoms with Crippen molar-refractivity contribution in [3.63, 3.8) is 0 Å². The van der Waals surface area contributed by atoms with Crippen LogP contribution in [0, 0.1) is 0 Å². The molecule has 0 aliphatic heterocycles. The molecule has 0 aliphatic rings. The number of aliphatic hydroxyl groups is 1. The van der Waals surface area contributed by atoms with Crippen LogP contribution in [0.25, 0.3) is 0 Å². The van der Waals surface area contributed by atoms with Gasteiger partial charge < -0.3 is 5.11 Å². The van der Waals surface area contributed by atoms with Crippen LogP contribution < -0.4 is 0 Å². The summed E-state index contributed by atoms with van der Waals surface area (Å²) in [6.07, 6.45) is 3.41. The van der Waals surface area contributed by atoms with E-state index in [4.69, 9.17) is 5.11 Å². The van der Waals surface area contributed by atoms with Crippen LogP contribution in [-0.2, 0) is 19.4 Å². The number of rotatable bonds is 5. The molecule has 4 heteroatoms. The Bertz CT molecular complexity index is 425. The van der Waals surface area contributed by atoms with E-state index in [0.29, 0.717) is 6.42 Å². The van der Waals surface area contributed by atoms with Gasteiger partial charge in [0.15, 0.2) is 0 Å². The van der Waals surface area contributed by atoms with E-state index in [1.165, 1.54) is 5.56 Å². The summed E-state index contributed by atoms with van der Waals surface area (Å²) in [4.78, 5) is 0. The first-order valence-corrected chi connectivity index (χ1v) is 5.42. The quantitative estimate of drug-likeness (QED) is 0.814. The summed E-state index contributed by atoms with van der Waals surface area (Å²) in [6, 6.07) is 10.3. The molecule has 0 spiro atoms. The second-order valence-electron chi connectivity index (χ2n) is 3.68. The molecule has 1 heterocycles. The predicted octanol–water partition coefficient (Wildman–Crippen LogP) is 1.06. The van der Waals surface area contributed by atoms with Gasteiger partial charge in [-0.1, -0.05) is 35.5 Å². The van der Waals surface area contributed by atoms with E-state index in [9.17, 15) is 0 Å². The highest BCUT2D eigenvalue weighted by molar-refractivity contribution is 5.14. The molecule has 0 saturated carbocycles. The molecule has 2 rings (SSSR count). The van der Waals surface area contributed by atoms with Gasteiger partial charge in [0.05, 0.1) is 5.69 Å². The van der Waals surface area contributed by atoms with E-state index < -0.39 is 0 Å². The van der Waals surface area contributed by atoms with E-state index in [-0.39, 0.29) is 6.61 Å². The van der Waals surface area contributed by atoms with Crippen molar-refractivity contribution >= 4 is 0 Å². The van der Waals surface area contributed by atoms with Crippen LogP contribution in [0.1, 0.15) is 11.3 Å². The largest absolute Gasteiger partial charge is 0.396 e. The topological polar surface area (TPSA) is 50.9 Å². The summed E-state index contributed by atoms with van der Waals surface area (Å²) < 4.78 is 1.82. The fourth-order valence-electron chi connectivity index (χ4n) is 1.57. The Labute approximate surface area is 94.5 Å². The Kier molecular flexibility index (Phi) is 3.66. The number of hydrogen-bond donors (Lipinski definition) is 1. The highest BCUT2D eigenvalue weighted by atomic mass is 16.3. The van der Waals surface area contributed by atoms with E-state index in [0.717, 1.165) is 18.7 Å². The molecule has 0 bridgehead atoms. The average molecular weight is 217 g/mol. The molecule has 1 aromatic carbocycles. The molecule has 0 fully saturated rings. The van der Waals surface area contributed by atoms with Crippen molar-refractivity contribution in [2.75, 3.05) is 6.61 Å². The summed E-state index contributed by atoms with van der Waals surface area (Å²) in [5.41, 5.74) is 2.14. The predicted molar refractivity (Wildman–Crippen MR) is 61.0 cm³/mol. The minimum absolute atomic E-state index is 0.122. The molecule has 2 aromatic rings. The summed E-state index contributed by atoms with van der Waals surface area (Å²) in [7, 11) is 0. The molecule has 0 aliphatic carbocycles. The summed E-state index contributed by atoms with van der Waals surface area (Å²) in [6.45, 7) is 0.944. The SMILES string of the molecule is OCCc1cn(CCc2ccccc2)nn1. The number of hydrogen-bond acceptors (Lipinski definition) is 3. The highest BCUT2D eigenvalue weighted by Gasteiger charge is 2.00. The molecule has 0 radical (unpaired) electrons. The second kappa shape index (κ2) is 5.42. The first-order chi connectivity index (χ1) is 7.88. The number of benzene rings is 1. The molecule has 0 amide bonds. The average Bonchev–Trinajstić information content (AvgIpc) is 2.76. The van der Waals surface area contributed by atoms with Crippen molar-refractivity contribution in [1.82, 2.24) is 15.0 Å². The van der Waals surface area contributed by atoms with Crippen LogP contribution in [0.2, 0.25) is 0 Å². The highest BCUT2D eigenvalue weighted by Crippen LogP contribution is 2.02. The molecule has 0 saturated heterocycles. The molecule has 1 N–H and O–H groups in total. The third-order valence-corrected chi connectivity index (χ3v) is 2.43. The number of aliphatic hydroxyl groups excluding tert-OH is 1. The van der Waals surface area contributed by atoms with E-state index in [1.54, 1.807) is 0 Å². The first kappa shape index (κ1) is 10.8. The zero-order valence-corrected chi connectivity index (χ0v) is 9.08. The van der Waals surface area contributed by atoms with Crippen molar-refractivity contribution in [1.29, 1.82) is 0 Å². The van der Waals surface area contributed by atoms with Crippen LogP contribution in [0.3, 0.4) is 0 Å². The number of aromatic nitrogens is 3. The maximum atomic E-state index is 8.76. The Hall–Kier alpha value is -1.68. The van der Waals surface area contributed by atoms with Crippen LogP contribution in [0.5, 0.6) is 0 Å². The molecular weight excluding hydrogens is 202 g/mol. The minimum atomic E-state index is 0.122. The molecule has 84 valence electrons. The molecule has 16 heavy (non-hydrogen) atoms. The van der Waals surface area contributed by atoms with Gasteiger partial charge in [-0.25, -0.2) is 0 Å². The summed E-state index contributed by atoms with van der Waals surface area (Å²) in [5, 5.41) is 16.7. The molecule has 0 unspecified atom stereocenters. The fraction of sp³-hybridized carbons (Fsp3) is 0.333. The van der Waals surface area contributed by atoms with Crippen LogP contribution in [0.15, 0.2) is 36.5 Å².